The Morgan fingerprint density at radius 3 is 2.77 bits per heavy atom. The average molecular weight is 299 g/mol. The van der Waals surface area contributed by atoms with E-state index in [4.69, 9.17) is 0 Å². The molecular weight excluding hydrogens is 278 g/mol. The zero-order valence-electron chi connectivity index (χ0n) is 12.7. The molecule has 1 heterocycles. The molecule has 0 spiro atoms. The summed E-state index contributed by atoms with van der Waals surface area (Å²) < 4.78 is 1.70. The second kappa shape index (κ2) is 6.70. The lowest BCUT2D eigenvalue weighted by Crippen LogP contribution is -2.36. The predicted octanol–water partition coefficient (Wildman–Crippen LogP) is 1.44. The van der Waals surface area contributed by atoms with Crippen molar-refractivity contribution < 1.29 is 4.79 Å². The van der Waals surface area contributed by atoms with Gasteiger partial charge in [-0.25, -0.2) is 9.67 Å². The Morgan fingerprint density at radius 1 is 1.36 bits per heavy atom. The topological polar surface area (TPSA) is 71.8 Å². The van der Waals surface area contributed by atoms with Crippen molar-refractivity contribution in [2.75, 3.05) is 13.1 Å². The SMILES string of the molecule is CC(NC(=O)CNCC1CC1)c1ccc(-n2cncn2)cc1. The molecule has 0 bridgehead atoms. The fourth-order valence-corrected chi connectivity index (χ4v) is 2.34. The van der Waals surface area contributed by atoms with E-state index < -0.39 is 0 Å². The van der Waals surface area contributed by atoms with Crippen molar-refractivity contribution in [1.82, 2.24) is 25.4 Å². The molecule has 1 aliphatic rings. The molecule has 0 aliphatic heterocycles. The Hall–Kier alpha value is -2.21. The van der Waals surface area contributed by atoms with Gasteiger partial charge in [-0.15, -0.1) is 0 Å². The van der Waals surface area contributed by atoms with E-state index in [0.29, 0.717) is 6.54 Å². The quantitative estimate of drug-likeness (QED) is 0.811. The molecule has 1 atom stereocenters. The lowest BCUT2D eigenvalue weighted by Gasteiger charge is -2.15. The fraction of sp³-hybridized carbons (Fsp3) is 0.438. The smallest absolute Gasteiger partial charge is 0.234 e. The number of benzene rings is 1. The van der Waals surface area contributed by atoms with E-state index in [0.717, 1.165) is 23.7 Å². The molecule has 6 nitrogen and oxygen atoms in total. The molecular formula is C16H21N5O. The first-order chi connectivity index (χ1) is 10.7. The highest BCUT2D eigenvalue weighted by Crippen LogP contribution is 2.27. The van der Waals surface area contributed by atoms with Crippen LogP contribution < -0.4 is 10.6 Å². The molecule has 116 valence electrons. The minimum absolute atomic E-state index is 0.0139. The molecule has 1 aromatic carbocycles. The van der Waals surface area contributed by atoms with Gasteiger partial charge in [0.15, 0.2) is 0 Å². The van der Waals surface area contributed by atoms with Crippen molar-refractivity contribution in [2.45, 2.75) is 25.8 Å². The highest BCUT2D eigenvalue weighted by Gasteiger charge is 2.20. The zero-order valence-corrected chi connectivity index (χ0v) is 12.7. The first-order valence-corrected chi connectivity index (χ1v) is 7.67. The monoisotopic (exact) mass is 299 g/mol. The molecule has 2 aromatic rings. The number of nitrogens with zero attached hydrogens (tertiary/aromatic N) is 3. The first kappa shape index (κ1) is 14.7. The lowest BCUT2D eigenvalue weighted by molar-refractivity contribution is -0.120. The molecule has 1 amide bonds. The third kappa shape index (κ3) is 3.92. The van der Waals surface area contributed by atoms with Crippen LogP contribution in [0.1, 0.15) is 31.4 Å². The van der Waals surface area contributed by atoms with Crippen molar-refractivity contribution in [3.8, 4) is 5.69 Å². The van der Waals surface area contributed by atoms with Crippen LogP contribution in [0.5, 0.6) is 0 Å². The van der Waals surface area contributed by atoms with Gasteiger partial charge >= 0.3 is 0 Å². The van der Waals surface area contributed by atoms with E-state index in [2.05, 4.69) is 20.7 Å². The van der Waals surface area contributed by atoms with Gasteiger partial charge in [0.2, 0.25) is 5.91 Å². The summed E-state index contributed by atoms with van der Waals surface area (Å²) in [6.07, 6.45) is 5.75. The molecule has 1 aromatic heterocycles. The van der Waals surface area contributed by atoms with Crippen LogP contribution in [0, 0.1) is 5.92 Å². The van der Waals surface area contributed by atoms with Crippen LogP contribution in [-0.4, -0.2) is 33.8 Å². The van der Waals surface area contributed by atoms with E-state index in [1.54, 1.807) is 11.0 Å². The van der Waals surface area contributed by atoms with Gasteiger partial charge < -0.3 is 10.6 Å². The van der Waals surface area contributed by atoms with E-state index in [1.165, 1.54) is 19.2 Å². The third-order valence-electron chi connectivity index (χ3n) is 3.87. The number of carbonyl (C=O) groups excluding carboxylic acids is 1. The normalized spacial score (nSPS) is 15.5. The fourth-order valence-electron chi connectivity index (χ4n) is 2.34. The van der Waals surface area contributed by atoms with Gasteiger partial charge in [0.05, 0.1) is 18.3 Å². The molecule has 0 saturated heterocycles. The van der Waals surface area contributed by atoms with Crippen LogP contribution in [0.15, 0.2) is 36.9 Å². The summed E-state index contributed by atoms with van der Waals surface area (Å²) in [4.78, 5) is 15.8. The van der Waals surface area contributed by atoms with E-state index in [-0.39, 0.29) is 11.9 Å². The Morgan fingerprint density at radius 2 is 2.14 bits per heavy atom. The maximum absolute atomic E-state index is 11.9. The van der Waals surface area contributed by atoms with Gasteiger partial charge in [0, 0.05) is 0 Å². The summed E-state index contributed by atoms with van der Waals surface area (Å²) >= 11 is 0. The summed E-state index contributed by atoms with van der Waals surface area (Å²) in [6.45, 7) is 3.33. The summed E-state index contributed by atoms with van der Waals surface area (Å²) in [5.41, 5.74) is 2.02. The predicted molar refractivity (Wildman–Crippen MR) is 83.5 cm³/mol. The van der Waals surface area contributed by atoms with Crippen molar-refractivity contribution in [1.29, 1.82) is 0 Å². The van der Waals surface area contributed by atoms with Crippen LogP contribution in [0.4, 0.5) is 0 Å². The number of nitrogens with one attached hydrogen (secondary N) is 2. The van der Waals surface area contributed by atoms with E-state index >= 15 is 0 Å². The average Bonchev–Trinajstić information content (AvgIpc) is 3.18. The molecule has 1 fully saturated rings. The Labute approximate surface area is 129 Å². The highest BCUT2D eigenvalue weighted by molar-refractivity contribution is 5.78. The van der Waals surface area contributed by atoms with Crippen LogP contribution in [0.2, 0.25) is 0 Å². The molecule has 6 heteroatoms. The summed E-state index contributed by atoms with van der Waals surface area (Å²) in [7, 11) is 0. The van der Waals surface area contributed by atoms with E-state index in [1.807, 2.05) is 31.2 Å². The standard InChI is InChI=1S/C16H21N5O/c1-12(20-16(22)9-17-8-13-2-3-13)14-4-6-15(7-5-14)21-11-18-10-19-21/h4-7,10-13,17H,2-3,8-9H2,1H3,(H,20,22). The zero-order chi connectivity index (χ0) is 15.4. The minimum Gasteiger partial charge on any atom is -0.348 e. The molecule has 0 radical (unpaired) electrons. The number of carbonyl (C=O) groups is 1. The number of hydrogen-bond acceptors (Lipinski definition) is 4. The van der Waals surface area contributed by atoms with Gasteiger partial charge in [-0.2, -0.15) is 5.10 Å². The second-order valence-corrected chi connectivity index (χ2v) is 5.80. The van der Waals surface area contributed by atoms with E-state index in [9.17, 15) is 4.79 Å². The third-order valence-corrected chi connectivity index (χ3v) is 3.87. The second-order valence-electron chi connectivity index (χ2n) is 5.80. The van der Waals surface area contributed by atoms with Crippen LogP contribution in [0.25, 0.3) is 5.69 Å². The molecule has 1 unspecified atom stereocenters. The summed E-state index contributed by atoms with van der Waals surface area (Å²) in [5, 5.41) is 10.3. The Bertz CT molecular complexity index is 604. The lowest BCUT2D eigenvalue weighted by atomic mass is 10.1. The Kier molecular flexibility index (Phi) is 4.48. The van der Waals surface area contributed by atoms with Crippen LogP contribution in [0.3, 0.4) is 0 Å². The molecule has 22 heavy (non-hydrogen) atoms. The summed E-state index contributed by atoms with van der Waals surface area (Å²) in [6, 6.07) is 7.93. The number of rotatable bonds is 7. The Balaban J connectivity index is 1.50. The van der Waals surface area contributed by atoms with Crippen molar-refractivity contribution in [2.24, 2.45) is 5.92 Å². The molecule has 2 N–H and O–H groups in total. The molecule has 1 aliphatic carbocycles. The van der Waals surface area contributed by atoms with Gasteiger partial charge in [0.1, 0.15) is 12.7 Å². The van der Waals surface area contributed by atoms with Gasteiger partial charge in [-0.3, -0.25) is 4.79 Å². The van der Waals surface area contributed by atoms with Gasteiger partial charge in [-0.05, 0) is 49.9 Å². The van der Waals surface area contributed by atoms with Crippen molar-refractivity contribution in [3.63, 3.8) is 0 Å². The number of amides is 1. The van der Waals surface area contributed by atoms with Gasteiger partial charge in [-0.1, -0.05) is 12.1 Å². The summed E-state index contributed by atoms with van der Waals surface area (Å²) in [5.74, 6) is 0.822. The maximum atomic E-state index is 11.9. The number of hydrogen-bond donors (Lipinski definition) is 2. The molecule has 3 rings (SSSR count). The van der Waals surface area contributed by atoms with Crippen LogP contribution in [-0.2, 0) is 4.79 Å². The number of aromatic nitrogens is 3. The van der Waals surface area contributed by atoms with Crippen LogP contribution >= 0.6 is 0 Å². The first-order valence-electron chi connectivity index (χ1n) is 7.67. The minimum atomic E-state index is -0.0139. The maximum Gasteiger partial charge on any atom is 0.234 e. The molecule has 1 saturated carbocycles. The largest absolute Gasteiger partial charge is 0.348 e. The van der Waals surface area contributed by atoms with Crippen molar-refractivity contribution >= 4 is 5.91 Å². The highest BCUT2D eigenvalue weighted by atomic mass is 16.1. The van der Waals surface area contributed by atoms with Gasteiger partial charge in [0.25, 0.3) is 0 Å². The van der Waals surface area contributed by atoms with Crippen molar-refractivity contribution in [3.05, 3.63) is 42.5 Å².